The number of aliphatic hydroxyl groups excluding tert-OH is 1. The molecule has 0 unspecified atom stereocenters. The highest BCUT2D eigenvalue weighted by Gasteiger charge is 2.22. The first-order chi connectivity index (χ1) is 13.1. The van der Waals surface area contributed by atoms with Gasteiger partial charge >= 0.3 is 0 Å². The van der Waals surface area contributed by atoms with Crippen LogP contribution in [0, 0.1) is 0 Å². The van der Waals surface area contributed by atoms with E-state index in [0.29, 0.717) is 10.6 Å². The van der Waals surface area contributed by atoms with Crippen LogP contribution in [0.4, 0.5) is 0 Å². The Hall–Kier alpha value is -2.13. The minimum absolute atomic E-state index is 0.0428. The van der Waals surface area contributed by atoms with Gasteiger partial charge in [-0.05, 0) is 49.7 Å². The summed E-state index contributed by atoms with van der Waals surface area (Å²) in [7, 11) is -2.50. The van der Waals surface area contributed by atoms with Crippen molar-refractivity contribution in [1.29, 1.82) is 0 Å². The number of benzene rings is 2. The van der Waals surface area contributed by atoms with Crippen LogP contribution in [0.2, 0.25) is 5.02 Å². The molecule has 0 saturated heterocycles. The predicted molar refractivity (Wildman–Crippen MR) is 107 cm³/mol. The van der Waals surface area contributed by atoms with Crippen LogP contribution in [-0.4, -0.2) is 39.1 Å². The van der Waals surface area contributed by atoms with E-state index >= 15 is 0 Å². The van der Waals surface area contributed by atoms with Crippen molar-refractivity contribution in [1.82, 2.24) is 10.0 Å². The van der Waals surface area contributed by atoms with Gasteiger partial charge in [0.25, 0.3) is 5.91 Å². The Morgan fingerprint density at radius 3 is 2.39 bits per heavy atom. The second kappa shape index (κ2) is 9.38. The molecule has 0 spiro atoms. The van der Waals surface area contributed by atoms with Crippen LogP contribution in [-0.2, 0) is 10.0 Å². The molecule has 1 amide bonds. The summed E-state index contributed by atoms with van der Waals surface area (Å²) in [6.45, 7) is 3.34. The van der Waals surface area contributed by atoms with E-state index in [0.717, 1.165) is 0 Å². The van der Waals surface area contributed by atoms with Crippen molar-refractivity contribution in [3.63, 3.8) is 0 Å². The van der Waals surface area contributed by atoms with E-state index in [9.17, 15) is 18.3 Å². The normalized spacial score (nSPS) is 12.6. The first-order valence-corrected chi connectivity index (χ1v) is 10.4. The summed E-state index contributed by atoms with van der Waals surface area (Å²) in [4.78, 5) is 12.3. The summed E-state index contributed by atoms with van der Waals surface area (Å²) in [5.41, 5.74) is 0.733. The zero-order chi connectivity index (χ0) is 20.9. The number of hydrogen-bond donors (Lipinski definition) is 3. The standard InChI is InChI=1S/C19H23ClN2O5S/c1-12(2)22-28(25,26)18-10-14(6-9-17(18)27-3)19(24)21-11-16(23)13-4-7-15(20)8-5-13/h4-10,12,16,22-23H,11H2,1-3H3,(H,21,24)/t16-/m0/s1. The second-order valence-corrected chi connectivity index (χ2v) is 8.54. The van der Waals surface area contributed by atoms with E-state index < -0.39 is 22.0 Å². The van der Waals surface area contributed by atoms with Gasteiger partial charge < -0.3 is 15.2 Å². The molecule has 2 rings (SSSR count). The molecule has 7 nitrogen and oxygen atoms in total. The zero-order valence-corrected chi connectivity index (χ0v) is 17.3. The van der Waals surface area contributed by atoms with Crippen LogP contribution >= 0.6 is 11.6 Å². The lowest BCUT2D eigenvalue weighted by molar-refractivity contribution is 0.0916. The summed E-state index contributed by atoms with van der Waals surface area (Å²) in [6.07, 6.45) is -0.926. The van der Waals surface area contributed by atoms with Crippen LogP contribution in [0.15, 0.2) is 47.4 Å². The average Bonchev–Trinajstić information content (AvgIpc) is 2.64. The summed E-state index contributed by atoms with van der Waals surface area (Å²) >= 11 is 5.82. The van der Waals surface area contributed by atoms with Crippen molar-refractivity contribution in [2.75, 3.05) is 13.7 Å². The van der Waals surface area contributed by atoms with Crippen LogP contribution in [0.25, 0.3) is 0 Å². The summed E-state index contributed by atoms with van der Waals surface area (Å²) in [6, 6.07) is 10.4. The molecule has 152 valence electrons. The van der Waals surface area contributed by atoms with Crippen molar-refractivity contribution >= 4 is 27.5 Å². The summed E-state index contributed by atoms with van der Waals surface area (Å²) in [5.74, 6) is -0.387. The molecule has 28 heavy (non-hydrogen) atoms. The third-order valence-corrected chi connectivity index (χ3v) is 5.75. The van der Waals surface area contributed by atoms with Gasteiger partial charge in [0, 0.05) is 23.2 Å². The number of aliphatic hydroxyl groups is 1. The molecule has 0 aromatic heterocycles. The molecule has 0 aliphatic carbocycles. The molecule has 2 aromatic carbocycles. The number of ether oxygens (including phenoxy) is 1. The Bertz CT molecular complexity index is 930. The SMILES string of the molecule is COc1ccc(C(=O)NC[C@H](O)c2ccc(Cl)cc2)cc1S(=O)(=O)NC(C)C. The summed E-state index contributed by atoms with van der Waals surface area (Å²) < 4.78 is 32.6. The van der Waals surface area contributed by atoms with Gasteiger partial charge in [-0.3, -0.25) is 4.79 Å². The Morgan fingerprint density at radius 1 is 1.18 bits per heavy atom. The van der Waals surface area contributed by atoms with Crippen LogP contribution in [0.3, 0.4) is 0 Å². The zero-order valence-electron chi connectivity index (χ0n) is 15.8. The van der Waals surface area contributed by atoms with Gasteiger partial charge in [0.15, 0.2) is 0 Å². The van der Waals surface area contributed by atoms with Gasteiger partial charge in [-0.15, -0.1) is 0 Å². The van der Waals surface area contributed by atoms with Gasteiger partial charge in [0.2, 0.25) is 10.0 Å². The molecule has 0 heterocycles. The van der Waals surface area contributed by atoms with Crippen molar-refractivity contribution in [2.45, 2.75) is 30.9 Å². The second-order valence-electron chi connectivity index (χ2n) is 6.42. The number of hydrogen-bond acceptors (Lipinski definition) is 5. The Morgan fingerprint density at radius 2 is 1.82 bits per heavy atom. The predicted octanol–water partition coefficient (Wildman–Crippen LogP) is 2.50. The number of methoxy groups -OCH3 is 1. The highest BCUT2D eigenvalue weighted by molar-refractivity contribution is 7.89. The van der Waals surface area contributed by atoms with Crippen LogP contribution < -0.4 is 14.8 Å². The molecule has 0 radical (unpaired) electrons. The molecule has 0 aliphatic rings. The molecule has 1 atom stereocenters. The number of rotatable bonds is 8. The molecule has 0 saturated carbocycles. The van der Waals surface area contributed by atoms with E-state index in [2.05, 4.69) is 10.0 Å². The van der Waals surface area contributed by atoms with E-state index in [4.69, 9.17) is 16.3 Å². The maximum atomic E-state index is 12.5. The molecule has 9 heteroatoms. The van der Waals surface area contributed by atoms with Crippen LogP contribution in [0.1, 0.15) is 35.9 Å². The van der Waals surface area contributed by atoms with Crippen molar-refractivity contribution in [2.24, 2.45) is 0 Å². The molecule has 3 N–H and O–H groups in total. The highest BCUT2D eigenvalue weighted by Crippen LogP contribution is 2.25. The Labute approximate surface area is 169 Å². The fourth-order valence-electron chi connectivity index (χ4n) is 2.50. The summed E-state index contributed by atoms with van der Waals surface area (Å²) in [5, 5.41) is 13.3. The third kappa shape index (κ3) is 5.68. The molecular weight excluding hydrogens is 404 g/mol. The fraction of sp³-hybridized carbons (Fsp3) is 0.316. The van der Waals surface area contributed by atoms with Crippen molar-refractivity contribution in [3.05, 3.63) is 58.6 Å². The van der Waals surface area contributed by atoms with Gasteiger partial charge in [-0.25, -0.2) is 13.1 Å². The lowest BCUT2D eigenvalue weighted by Crippen LogP contribution is -2.31. The Kier molecular flexibility index (Phi) is 7.42. The van der Waals surface area contributed by atoms with Gasteiger partial charge in [0.1, 0.15) is 10.6 Å². The van der Waals surface area contributed by atoms with Crippen molar-refractivity contribution in [3.8, 4) is 5.75 Å². The highest BCUT2D eigenvalue weighted by atomic mass is 35.5. The van der Waals surface area contributed by atoms with Gasteiger partial charge in [0.05, 0.1) is 13.2 Å². The first-order valence-electron chi connectivity index (χ1n) is 8.56. The van der Waals surface area contributed by atoms with E-state index in [1.54, 1.807) is 38.1 Å². The molecule has 2 aromatic rings. The largest absolute Gasteiger partial charge is 0.495 e. The Balaban J connectivity index is 2.17. The third-order valence-electron chi connectivity index (χ3n) is 3.82. The number of nitrogens with one attached hydrogen (secondary N) is 2. The topological polar surface area (TPSA) is 105 Å². The lowest BCUT2D eigenvalue weighted by Gasteiger charge is -2.15. The monoisotopic (exact) mass is 426 g/mol. The number of carbonyl (C=O) groups is 1. The molecule has 0 bridgehead atoms. The number of amides is 1. The van der Waals surface area contributed by atoms with Gasteiger partial charge in [-0.1, -0.05) is 23.7 Å². The minimum Gasteiger partial charge on any atom is -0.495 e. The lowest BCUT2D eigenvalue weighted by atomic mass is 10.1. The maximum absolute atomic E-state index is 12.5. The van der Waals surface area contributed by atoms with Crippen LogP contribution in [0.5, 0.6) is 5.75 Å². The van der Waals surface area contributed by atoms with E-state index in [1.165, 1.54) is 25.3 Å². The molecule has 0 fully saturated rings. The van der Waals surface area contributed by atoms with Gasteiger partial charge in [-0.2, -0.15) is 0 Å². The van der Waals surface area contributed by atoms with Crippen molar-refractivity contribution < 1.29 is 23.1 Å². The average molecular weight is 427 g/mol. The first kappa shape index (κ1) is 22.2. The van der Waals surface area contributed by atoms with E-state index in [1.807, 2.05) is 0 Å². The maximum Gasteiger partial charge on any atom is 0.251 e. The number of sulfonamides is 1. The quantitative estimate of drug-likeness (QED) is 0.601. The number of carbonyl (C=O) groups excluding carboxylic acids is 1. The van der Waals surface area contributed by atoms with E-state index in [-0.39, 0.29) is 28.8 Å². The smallest absolute Gasteiger partial charge is 0.251 e. The fourth-order valence-corrected chi connectivity index (χ4v) is 4.07. The molecular formula is C19H23ClN2O5S. The number of halogens is 1. The molecule has 0 aliphatic heterocycles. The minimum atomic E-state index is -3.85.